The van der Waals surface area contributed by atoms with E-state index in [9.17, 15) is 25.2 Å². The highest BCUT2D eigenvalue weighted by Gasteiger charge is 2.22. The van der Waals surface area contributed by atoms with E-state index in [0.29, 0.717) is 5.56 Å². The van der Waals surface area contributed by atoms with E-state index in [0.717, 1.165) is 10.6 Å². The number of aromatic hydroxyl groups is 4. The predicted octanol–water partition coefficient (Wildman–Crippen LogP) is 3.24. The van der Waals surface area contributed by atoms with Crippen molar-refractivity contribution in [2.24, 2.45) is 0 Å². The molecule has 0 saturated heterocycles. The van der Waals surface area contributed by atoms with Crippen LogP contribution in [0.3, 0.4) is 0 Å². The quantitative estimate of drug-likeness (QED) is 0.344. The van der Waals surface area contributed by atoms with E-state index in [1.165, 1.54) is 18.2 Å². The summed E-state index contributed by atoms with van der Waals surface area (Å²) in [5, 5.41) is 45.9. The van der Waals surface area contributed by atoms with Crippen molar-refractivity contribution >= 4 is 18.1 Å². The van der Waals surface area contributed by atoms with E-state index >= 15 is 0 Å². The van der Waals surface area contributed by atoms with E-state index in [2.05, 4.69) is 10.2 Å². The lowest BCUT2D eigenvalue weighted by Crippen LogP contribution is -2.14. The number of aromatic amines is 1. The smallest absolute Gasteiger partial charge is 0.266 e. The number of aromatic nitrogens is 3. The van der Waals surface area contributed by atoms with Gasteiger partial charge >= 0.3 is 0 Å². The lowest BCUT2D eigenvalue weighted by atomic mass is 9.98. The Morgan fingerprint density at radius 2 is 1.74 bits per heavy atom. The van der Waals surface area contributed by atoms with Crippen molar-refractivity contribution in [2.75, 3.05) is 0 Å². The molecule has 0 aliphatic rings. The van der Waals surface area contributed by atoms with Crippen LogP contribution in [0.4, 0.5) is 0 Å². The molecule has 1 aromatic heterocycles. The normalized spacial score (nSPS) is 11.1. The number of carbonyl (C=O) groups excluding carboxylic acids is 1. The molecule has 2 aromatic carbocycles. The number of hydrogen-bond donors (Lipinski definition) is 5. The summed E-state index contributed by atoms with van der Waals surface area (Å²) in [6.45, 7) is 3.74. The Balaban J connectivity index is 2.19. The van der Waals surface area contributed by atoms with Gasteiger partial charge in [-0.1, -0.05) is 13.8 Å². The number of phenolic OH excluding ortho intramolecular Hbond substituents is 4. The fourth-order valence-electron chi connectivity index (χ4n) is 2.69. The van der Waals surface area contributed by atoms with Crippen molar-refractivity contribution in [3.8, 4) is 34.4 Å². The van der Waals surface area contributed by atoms with Gasteiger partial charge in [0.2, 0.25) is 4.77 Å². The molecule has 1 heterocycles. The van der Waals surface area contributed by atoms with Crippen molar-refractivity contribution in [3.63, 3.8) is 0 Å². The van der Waals surface area contributed by atoms with Crippen LogP contribution < -0.4 is 0 Å². The number of phenols is 4. The molecule has 0 spiro atoms. The summed E-state index contributed by atoms with van der Waals surface area (Å²) in [6.07, 6.45) is 0. The number of carbonyl (C=O) groups is 1. The zero-order valence-electron chi connectivity index (χ0n) is 14.5. The second-order valence-electron chi connectivity index (χ2n) is 6.28. The van der Waals surface area contributed by atoms with Crippen molar-refractivity contribution in [1.82, 2.24) is 14.8 Å². The van der Waals surface area contributed by atoms with Crippen LogP contribution in [0.15, 0.2) is 30.3 Å². The Labute approximate surface area is 159 Å². The maximum Gasteiger partial charge on any atom is 0.266 e. The van der Waals surface area contributed by atoms with Gasteiger partial charge in [0.25, 0.3) is 5.91 Å². The maximum atomic E-state index is 12.9. The van der Waals surface area contributed by atoms with Gasteiger partial charge in [-0.2, -0.15) is 5.10 Å². The van der Waals surface area contributed by atoms with Gasteiger partial charge in [-0.3, -0.25) is 9.89 Å². The Hall–Kier alpha value is -3.33. The van der Waals surface area contributed by atoms with Gasteiger partial charge in [-0.25, -0.2) is 4.57 Å². The third-order valence-electron chi connectivity index (χ3n) is 4.11. The van der Waals surface area contributed by atoms with Crippen LogP contribution in [0.2, 0.25) is 0 Å². The molecule has 3 aromatic rings. The van der Waals surface area contributed by atoms with E-state index in [1.54, 1.807) is 6.07 Å². The highest BCUT2D eigenvalue weighted by molar-refractivity contribution is 7.71. The lowest BCUT2D eigenvalue weighted by Gasteiger charge is -2.13. The molecule has 9 heteroatoms. The first kappa shape index (κ1) is 18.5. The summed E-state index contributed by atoms with van der Waals surface area (Å²) in [7, 11) is 0. The molecule has 140 valence electrons. The maximum absolute atomic E-state index is 12.9. The summed E-state index contributed by atoms with van der Waals surface area (Å²) in [4.78, 5) is 12.9. The standard InChI is InChI=1S/C18H17N3O5S/c1-8(2)10-6-11(14(24)7-13(10)23)16-19-20-18(27)21(16)17(26)9-3-4-12(22)15(25)5-9/h3-8,22-25H,1-2H3,(H,20,27). The molecule has 0 saturated carbocycles. The van der Waals surface area contributed by atoms with Crippen LogP contribution >= 0.6 is 12.2 Å². The summed E-state index contributed by atoms with van der Waals surface area (Å²) in [5.74, 6) is -1.75. The molecule has 5 N–H and O–H groups in total. The highest BCUT2D eigenvalue weighted by Crippen LogP contribution is 2.37. The SMILES string of the molecule is CC(C)c1cc(-c2n[nH]c(=S)n2C(=O)c2ccc(O)c(O)c2)c(O)cc1O. The number of nitrogens with one attached hydrogen (secondary N) is 1. The Bertz CT molecular complexity index is 1100. The molecule has 0 radical (unpaired) electrons. The van der Waals surface area contributed by atoms with Gasteiger partial charge < -0.3 is 20.4 Å². The molecule has 3 rings (SSSR count). The topological polar surface area (TPSA) is 132 Å². The summed E-state index contributed by atoms with van der Waals surface area (Å²) >= 11 is 5.14. The highest BCUT2D eigenvalue weighted by atomic mass is 32.1. The summed E-state index contributed by atoms with van der Waals surface area (Å²) in [6, 6.07) is 6.33. The van der Waals surface area contributed by atoms with Crippen LogP contribution in [0.25, 0.3) is 11.4 Å². The first-order valence-corrected chi connectivity index (χ1v) is 8.42. The van der Waals surface area contributed by atoms with Gasteiger partial charge in [-0.15, -0.1) is 0 Å². The second-order valence-corrected chi connectivity index (χ2v) is 6.67. The van der Waals surface area contributed by atoms with Crippen LogP contribution in [-0.4, -0.2) is 41.1 Å². The Morgan fingerprint density at radius 1 is 1.04 bits per heavy atom. The molecule has 0 fully saturated rings. The average molecular weight is 387 g/mol. The minimum Gasteiger partial charge on any atom is -0.508 e. The van der Waals surface area contributed by atoms with E-state index < -0.39 is 11.7 Å². The van der Waals surface area contributed by atoms with E-state index in [1.807, 2.05) is 13.8 Å². The van der Waals surface area contributed by atoms with Crippen molar-refractivity contribution < 1.29 is 25.2 Å². The van der Waals surface area contributed by atoms with Gasteiger partial charge in [-0.05, 0) is 48.0 Å². The zero-order valence-corrected chi connectivity index (χ0v) is 15.3. The largest absolute Gasteiger partial charge is 0.508 e. The van der Waals surface area contributed by atoms with Crippen molar-refractivity contribution in [2.45, 2.75) is 19.8 Å². The molecule has 0 unspecified atom stereocenters. The number of H-pyrrole nitrogens is 1. The minimum atomic E-state index is -0.613. The molecular formula is C18H17N3O5S. The molecular weight excluding hydrogens is 370 g/mol. The van der Waals surface area contributed by atoms with Crippen molar-refractivity contribution in [1.29, 1.82) is 0 Å². The third kappa shape index (κ3) is 3.24. The third-order valence-corrected chi connectivity index (χ3v) is 4.38. The van der Waals surface area contributed by atoms with E-state index in [4.69, 9.17) is 12.2 Å². The van der Waals surface area contributed by atoms with Gasteiger partial charge in [0.15, 0.2) is 17.3 Å². The number of hydrogen-bond acceptors (Lipinski definition) is 7. The average Bonchev–Trinajstić information content (AvgIpc) is 2.97. The molecule has 27 heavy (non-hydrogen) atoms. The summed E-state index contributed by atoms with van der Waals surface area (Å²) < 4.78 is 1.05. The number of nitrogens with zero attached hydrogens (tertiary/aromatic N) is 2. The van der Waals surface area contributed by atoms with Gasteiger partial charge in [0.1, 0.15) is 11.5 Å². The minimum absolute atomic E-state index is 0.0128. The molecule has 0 aliphatic carbocycles. The molecule has 0 aliphatic heterocycles. The fourth-order valence-corrected chi connectivity index (χ4v) is 2.90. The first-order chi connectivity index (χ1) is 12.7. The van der Waals surface area contributed by atoms with Crippen LogP contribution in [0.1, 0.15) is 35.7 Å². The van der Waals surface area contributed by atoms with Crippen molar-refractivity contribution in [3.05, 3.63) is 46.2 Å². The predicted molar refractivity (Wildman–Crippen MR) is 99.8 cm³/mol. The van der Waals surface area contributed by atoms with Gasteiger partial charge in [0.05, 0.1) is 5.56 Å². The summed E-state index contributed by atoms with van der Waals surface area (Å²) in [5.41, 5.74) is 0.838. The Morgan fingerprint density at radius 3 is 2.37 bits per heavy atom. The van der Waals surface area contributed by atoms with Crippen LogP contribution in [0.5, 0.6) is 23.0 Å². The molecule has 0 amide bonds. The fraction of sp³-hybridized carbons (Fsp3) is 0.167. The monoisotopic (exact) mass is 387 g/mol. The Kier molecular flexibility index (Phi) is 4.63. The van der Waals surface area contributed by atoms with Gasteiger partial charge in [0, 0.05) is 11.6 Å². The molecule has 0 bridgehead atoms. The first-order valence-electron chi connectivity index (χ1n) is 8.01. The van der Waals surface area contributed by atoms with Crippen LogP contribution in [0, 0.1) is 4.77 Å². The lowest BCUT2D eigenvalue weighted by molar-refractivity contribution is 0.0959. The number of benzene rings is 2. The number of rotatable bonds is 3. The molecule has 0 atom stereocenters. The van der Waals surface area contributed by atoms with Crippen LogP contribution in [-0.2, 0) is 0 Å². The second kappa shape index (κ2) is 6.76. The van der Waals surface area contributed by atoms with E-state index in [-0.39, 0.29) is 44.9 Å². The molecule has 8 nitrogen and oxygen atoms in total. The zero-order chi connectivity index (χ0) is 19.9.